The molecule has 36 heavy (non-hydrogen) atoms. The van der Waals surface area contributed by atoms with Crippen LogP contribution in [0.15, 0.2) is 84.3 Å². The molecule has 5 aromatic rings. The van der Waals surface area contributed by atoms with Gasteiger partial charge in [-0.3, -0.25) is 9.55 Å². The largest absolute Gasteiger partial charge is 0.495 e. The van der Waals surface area contributed by atoms with Crippen molar-refractivity contribution in [3.63, 3.8) is 0 Å². The van der Waals surface area contributed by atoms with Gasteiger partial charge in [-0.1, -0.05) is 54.2 Å². The Hall–Kier alpha value is -4.51. The van der Waals surface area contributed by atoms with E-state index in [0.717, 1.165) is 27.8 Å². The van der Waals surface area contributed by atoms with Gasteiger partial charge in [-0.2, -0.15) is 15.0 Å². The molecule has 3 N–H and O–H groups in total. The first-order chi connectivity index (χ1) is 17.7. The Morgan fingerprint density at radius 3 is 2.58 bits per heavy atom. The fraction of sp³-hybridized carbons (Fsp3) is 0.120. The van der Waals surface area contributed by atoms with Gasteiger partial charge in [-0.25, -0.2) is 0 Å². The lowest BCUT2D eigenvalue weighted by atomic mass is 10.2. The van der Waals surface area contributed by atoms with Gasteiger partial charge in [0.25, 0.3) is 0 Å². The van der Waals surface area contributed by atoms with E-state index in [1.807, 2.05) is 54.6 Å². The minimum atomic E-state index is 0.125. The van der Waals surface area contributed by atoms with Crippen LogP contribution in [0, 0.1) is 0 Å². The van der Waals surface area contributed by atoms with Gasteiger partial charge in [0.15, 0.2) is 11.0 Å². The molecule has 2 aromatic carbocycles. The van der Waals surface area contributed by atoms with Crippen LogP contribution in [0.25, 0.3) is 11.4 Å². The summed E-state index contributed by atoms with van der Waals surface area (Å²) >= 11 is 1.47. The molecule has 0 radical (unpaired) electrons. The number of rotatable bonds is 9. The lowest BCUT2D eigenvalue weighted by Gasteiger charge is -2.11. The van der Waals surface area contributed by atoms with Gasteiger partial charge in [0.1, 0.15) is 11.6 Å². The summed E-state index contributed by atoms with van der Waals surface area (Å²) < 4.78 is 7.46. The number of thioether (sulfide) groups is 1. The minimum Gasteiger partial charge on any atom is -0.495 e. The maximum Gasteiger partial charge on any atom is 0.232 e. The van der Waals surface area contributed by atoms with Crippen LogP contribution in [0.5, 0.6) is 5.75 Å². The van der Waals surface area contributed by atoms with E-state index in [9.17, 15) is 0 Å². The fourth-order valence-corrected chi connectivity index (χ4v) is 4.36. The second-order valence-corrected chi connectivity index (χ2v) is 8.61. The number of anilines is 3. The van der Waals surface area contributed by atoms with Crippen molar-refractivity contribution < 1.29 is 4.74 Å². The Morgan fingerprint density at radius 1 is 0.944 bits per heavy atom. The predicted molar refractivity (Wildman–Crippen MR) is 139 cm³/mol. The summed E-state index contributed by atoms with van der Waals surface area (Å²) in [6.07, 6.45) is 3.52. The molecule has 0 saturated carbocycles. The van der Waals surface area contributed by atoms with E-state index in [1.54, 1.807) is 19.5 Å². The third kappa shape index (κ3) is 5.41. The fourth-order valence-electron chi connectivity index (χ4n) is 3.57. The smallest absolute Gasteiger partial charge is 0.232 e. The SMILES string of the molecule is COc1ccccc1Nc1nc(N)nc(CSc2nnc(-c3cccnc3)n2Cc2ccccc2)n1. The number of ether oxygens (including phenoxy) is 1. The average molecular weight is 498 g/mol. The van der Waals surface area contributed by atoms with Crippen molar-refractivity contribution in [2.24, 2.45) is 0 Å². The molecule has 10 nitrogen and oxygen atoms in total. The summed E-state index contributed by atoms with van der Waals surface area (Å²) in [7, 11) is 1.61. The maximum atomic E-state index is 5.98. The molecular weight excluding hydrogens is 474 g/mol. The molecule has 0 atom stereocenters. The molecule has 0 unspecified atom stereocenters. The van der Waals surface area contributed by atoms with E-state index in [-0.39, 0.29) is 5.95 Å². The number of hydrogen-bond acceptors (Lipinski definition) is 10. The molecule has 5 rings (SSSR count). The highest BCUT2D eigenvalue weighted by Gasteiger charge is 2.16. The highest BCUT2D eigenvalue weighted by atomic mass is 32.2. The van der Waals surface area contributed by atoms with Crippen molar-refractivity contribution in [3.05, 3.63) is 90.5 Å². The second kappa shape index (κ2) is 10.8. The normalized spacial score (nSPS) is 10.8. The van der Waals surface area contributed by atoms with Gasteiger partial charge in [0, 0.05) is 18.0 Å². The highest BCUT2D eigenvalue weighted by Crippen LogP contribution is 2.28. The number of benzene rings is 2. The van der Waals surface area contributed by atoms with E-state index >= 15 is 0 Å². The Labute approximate surface area is 212 Å². The Kier molecular flexibility index (Phi) is 6.99. The van der Waals surface area contributed by atoms with E-state index in [1.165, 1.54) is 11.8 Å². The van der Waals surface area contributed by atoms with Gasteiger partial charge < -0.3 is 15.8 Å². The first-order valence-corrected chi connectivity index (χ1v) is 12.1. The molecule has 0 saturated heterocycles. The third-order valence-corrected chi connectivity index (χ3v) is 6.17. The monoisotopic (exact) mass is 497 g/mol. The van der Waals surface area contributed by atoms with Crippen LogP contribution < -0.4 is 15.8 Å². The molecular formula is C25H23N9OS. The highest BCUT2D eigenvalue weighted by molar-refractivity contribution is 7.98. The number of para-hydroxylation sites is 2. The van der Waals surface area contributed by atoms with Crippen LogP contribution in [0.1, 0.15) is 11.4 Å². The van der Waals surface area contributed by atoms with E-state index in [0.29, 0.717) is 29.8 Å². The first kappa shape index (κ1) is 23.2. The van der Waals surface area contributed by atoms with E-state index < -0.39 is 0 Å². The van der Waals surface area contributed by atoms with Gasteiger partial charge in [0.05, 0.1) is 25.1 Å². The van der Waals surface area contributed by atoms with Crippen LogP contribution in [0.3, 0.4) is 0 Å². The molecule has 0 bridgehead atoms. The predicted octanol–water partition coefficient (Wildman–Crippen LogP) is 4.20. The van der Waals surface area contributed by atoms with Crippen LogP contribution >= 0.6 is 11.8 Å². The number of hydrogen-bond donors (Lipinski definition) is 2. The van der Waals surface area contributed by atoms with Crippen molar-refractivity contribution in [1.82, 2.24) is 34.7 Å². The lowest BCUT2D eigenvalue weighted by Crippen LogP contribution is -2.08. The van der Waals surface area contributed by atoms with Gasteiger partial charge >= 0.3 is 0 Å². The molecule has 3 aromatic heterocycles. The van der Waals surface area contributed by atoms with Crippen LogP contribution in [-0.4, -0.2) is 41.8 Å². The van der Waals surface area contributed by atoms with Crippen LogP contribution in [-0.2, 0) is 12.3 Å². The summed E-state index contributed by atoms with van der Waals surface area (Å²) in [5.41, 5.74) is 8.74. The summed E-state index contributed by atoms with van der Waals surface area (Å²) in [4.78, 5) is 17.3. The molecule has 0 fully saturated rings. The Balaban J connectivity index is 1.40. The molecule has 0 aliphatic heterocycles. The molecule has 0 spiro atoms. The number of nitrogens with one attached hydrogen (secondary N) is 1. The number of nitrogens with zero attached hydrogens (tertiary/aromatic N) is 7. The molecule has 11 heteroatoms. The molecule has 3 heterocycles. The minimum absolute atomic E-state index is 0.125. The number of pyridine rings is 1. The van der Waals surface area contributed by atoms with Crippen molar-refractivity contribution in [1.29, 1.82) is 0 Å². The zero-order chi connectivity index (χ0) is 24.7. The van der Waals surface area contributed by atoms with Gasteiger partial charge in [0.2, 0.25) is 11.9 Å². The zero-order valence-electron chi connectivity index (χ0n) is 19.4. The lowest BCUT2D eigenvalue weighted by molar-refractivity contribution is 0.417. The van der Waals surface area contributed by atoms with Crippen molar-refractivity contribution in [2.75, 3.05) is 18.2 Å². The third-order valence-electron chi connectivity index (χ3n) is 5.20. The number of nitrogen functional groups attached to an aromatic ring is 1. The number of methoxy groups -OCH3 is 1. The maximum absolute atomic E-state index is 5.98. The van der Waals surface area contributed by atoms with Crippen molar-refractivity contribution in [2.45, 2.75) is 17.5 Å². The summed E-state index contributed by atoms with van der Waals surface area (Å²) in [5, 5.41) is 12.8. The van der Waals surface area contributed by atoms with Crippen molar-refractivity contribution >= 4 is 29.3 Å². The zero-order valence-corrected chi connectivity index (χ0v) is 20.3. The first-order valence-electron chi connectivity index (χ1n) is 11.1. The summed E-state index contributed by atoms with van der Waals surface area (Å²) in [6.45, 7) is 0.611. The van der Waals surface area contributed by atoms with Gasteiger partial charge in [-0.05, 0) is 29.8 Å². The Morgan fingerprint density at radius 2 is 1.78 bits per heavy atom. The molecule has 0 aliphatic carbocycles. The average Bonchev–Trinajstić information content (AvgIpc) is 3.31. The van der Waals surface area contributed by atoms with Gasteiger partial charge in [-0.15, -0.1) is 10.2 Å². The van der Waals surface area contributed by atoms with Crippen molar-refractivity contribution in [3.8, 4) is 17.1 Å². The molecule has 0 aliphatic rings. The summed E-state index contributed by atoms with van der Waals surface area (Å²) in [5.74, 6) is 2.81. The van der Waals surface area contributed by atoms with E-state index in [4.69, 9.17) is 10.5 Å². The molecule has 0 amide bonds. The number of nitrogens with two attached hydrogens (primary N) is 1. The summed E-state index contributed by atoms with van der Waals surface area (Å²) in [6, 6.07) is 21.5. The topological polar surface area (TPSA) is 130 Å². The quantitative estimate of drug-likeness (QED) is 0.286. The second-order valence-electron chi connectivity index (χ2n) is 7.67. The van der Waals surface area contributed by atoms with Crippen LogP contribution in [0.2, 0.25) is 0 Å². The Bertz CT molecular complexity index is 1440. The molecule has 180 valence electrons. The van der Waals surface area contributed by atoms with E-state index in [2.05, 4.69) is 52.1 Å². The number of aromatic nitrogens is 7. The van der Waals surface area contributed by atoms with Crippen LogP contribution in [0.4, 0.5) is 17.6 Å². The standard InChI is InChI=1S/C25H23N9OS/c1-35-20-12-6-5-11-19(20)28-24-30-21(29-23(26)31-24)16-36-25-33-32-22(18-10-7-13-27-14-18)34(25)15-17-8-3-2-4-9-17/h2-14H,15-16H2,1H3,(H3,26,28,29,30,31).